The number of fused-ring (bicyclic) bond motifs is 1. The van der Waals surface area contributed by atoms with Crippen LogP contribution in [0.15, 0.2) is 60.9 Å². The van der Waals surface area contributed by atoms with Crippen LogP contribution < -0.4 is 20.7 Å². The fourth-order valence-electron chi connectivity index (χ4n) is 5.23. The van der Waals surface area contributed by atoms with Gasteiger partial charge in [0.2, 0.25) is 0 Å². The van der Waals surface area contributed by atoms with Gasteiger partial charge in [0.1, 0.15) is 11.6 Å². The van der Waals surface area contributed by atoms with Crippen LogP contribution in [0.25, 0.3) is 11.4 Å². The highest BCUT2D eigenvalue weighted by molar-refractivity contribution is 5.95. The summed E-state index contributed by atoms with van der Waals surface area (Å²) in [5.74, 6) is -0.309. The lowest BCUT2D eigenvalue weighted by Gasteiger charge is -2.37. The quantitative estimate of drug-likeness (QED) is 0.296. The van der Waals surface area contributed by atoms with Crippen LogP contribution in [0.4, 0.5) is 14.5 Å². The summed E-state index contributed by atoms with van der Waals surface area (Å²) in [6.45, 7) is 1.70. The minimum absolute atomic E-state index is 0.136. The second kappa shape index (κ2) is 10.4. The number of ether oxygens (including phenoxy) is 1. The number of piperidine rings is 1. The second-order valence-corrected chi connectivity index (χ2v) is 9.68. The molecule has 9 nitrogen and oxygen atoms in total. The van der Waals surface area contributed by atoms with Crippen molar-refractivity contribution in [3.8, 4) is 17.1 Å². The molecular weight excluding hydrogens is 504 g/mol. The first-order valence-corrected chi connectivity index (χ1v) is 12.9. The lowest BCUT2D eigenvalue weighted by atomic mass is 9.87. The Hall–Kier alpha value is -4.38. The Morgan fingerprint density at radius 3 is 2.67 bits per heavy atom. The monoisotopic (exact) mass is 531 g/mol. The van der Waals surface area contributed by atoms with E-state index in [1.165, 1.54) is 12.1 Å². The van der Waals surface area contributed by atoms with Gasteiger partial charge in [-0.15, -0.1) is 0 Å². The molecule has 4 heterocycles. The minimum Gasteiger partial charge on any atom is -0.493 e. The van der Waals surface area contributed by atoms with Crippen molar-refractivity contribution in [3.05, 3.63) is 89.5 Å². The Morgan fingerprint density at radius 1 is 1.05 bits per heavy atom. The van der Waals surface area contributed by atoms with Crippen molar-refractivity contribution in [1.82, 2.24) is 30.8 Å². The maximum atomic E-state index is 15.9. The summed E-state index contributed by atoms with van der Waals surface area (Å²) < 4.78 is 36.0. The Balaban J connectivity index is 1.27. The summed E-state index contributed by atoms with van der Waals surface area (Å²) in [5, 5.41) is 16.9. The number of rotatable bonds is 6. The molecule has 200 valence electrons. The summed E-state index contributed by atoms with van der Waals surface area (Å²) in [6.07, 6.45) is 4.95. The van der Waals surface area contributed by atoms with Crippen LogP contribution in [-0.2, 0) is 5.54 Å². The molecule has 0 bridgehead atoms. The number of pyridine rings is 1. The van der Waals surface area contributed by atoms with Crippen LogP contribution in [0.2, 0.25) is 0 Å². The fourth-order valence-corrected chi connectivity index (χ4v) is 5.23. The summed E-state index contributed by atoms with van der Waals surface area (Å²) in [4.78, 5) is 22.0. The summed E-state index contributed by atoms with van der Waals surface area (Å²) in [5.41, 5.74) is 0.388. The van der Waals surface area contributed by atoms with Gasteiger partial charge in [0.05, 0.1) is 35.0 Å². The van der Waals surface area contributed by atoms with Crippen LogP contribution >= 0.6 is 0 Å². The Morgan fingerprint density at radius 2 is 1.85 bits per heavy atom. The zero-order valence-electron chi connectivity index (χ0n) is 21.0. The van der Waals surface area contributed by atoms with Gasteiger partial charge >= 0.3 is 0 Å². The van der Waals surface area contributed by atoms with Crippen molar-refractivity contribution in [2.45, 2.75) is 30.8 Å². The van der Waals surface area contributed by atoms with E-state index in [0.29, 0.717) is 56.4 Å². The van der Waals surface area contributed by atoms with Gasteiger partial charge in [0.15, 0.2) is 17.5 Å². The maximum Gasteiger partial charge on any atom is 0.254 e. The van der Waals surface area contributed by atoms with Crippen LogP contribution in [0.3, 0.4) is 0 Å². The number of amides is 1. The number of nitrogens with one attached hydrogen (secondary N) is 4. The second-order valence-electron chi connectivity index (χ2n) is 9.68. The fraction of sp³-hybridized carbons (Fsp3) is 0.286. The van der Waals surface area contributed by atoms with Crippen molar-refractivity contribution < 1.29 is 18.3 Å². The molecule has 2 aliphatic rings. The largest absolute Gasteiger partial charge is 0.493 e. The molecule has 2 aromatic carbocycles. The van der Waals surface area contributed by atoms with Crippen molar-refractivity contribution in [2.75, 3.05) is 25.0 Å². The molecule has 1 amide bonds. The SMILES string of the molecule is O=C(N[C@@H]1CCOc2cccc(F)c21)c1cccc(NC2(c3nc(-c4ccncc4)n[nH]3)CCNCC2)c1F. The average Bonchev–Trinajstić information content (AvgIpc) is 3.47. The van der Waals surface area contributed by atoms with Gasteiger partial charge < -0.3 is 20.7 Å². The lowest BCUT2D eigenvalue weighted by molar-refractivity contribution is 0.0919. The molecule has 2 aromatic heterocycles. The molecule has 4 aromatic rings. The number of nitrogens with zero attached hydrogens (tertiary/aromatic N) is 3. The zero-order chi connectivity index (χ0) is 26.8. The number of halogens is 2. The van der Waals surface area contributed by atoms with Gasteiger partial charge in [0.25, 0.3) is 5.91 Å². The molecule has 11 heteroatoms. The number of carbonyl (C=O) groups is 1. The molecule has 2 aliphatic heterocycles. The molecule has 0 spiro atoms. The number of aromatic nitrogens is 4. The van der Waals surface area contributed by atoms with E-state index in [1.54, 1.807) is 36.7 Å². The van der Waals surface area contributed by atoms with E-state index >= 15 is 4.39 Å². The first-order chi connectivity index (χ1) is 19.0. The molecule has 0 saturated carbocycles. The van der Waals surface area contributed by atoms with Gasteiger partial charge in [-0.25, -0.2) is 13.8 Å². The third-order valence-corrected chi connectivity index (χ3v) is 7.28. The topological polar surface area (TPSA) is 117 Å². The van der Waals surface area contributed by atoms with E-state index in [2.05, 4.69) is 31.1 Å². The normalized spacial score (nSPS) is 18.1. The van der Waals surface area contributed by atoms with Crippen molar-refractivity contribution >= 4 is 11.6 Å². The van der Waals surface area contributed by atoms with Crippen molar-refractivity contribution in [1.29, 1.82) is 0 Å². The molecule has 0 aliphatic carbocycles. The van der Waals surface area contributed by atoms with Gasteiger partial charge in [0, 0.05) is 24.4 Å². The Kier molecular flexibility index (Phi) is 6.65. The first-order valence-electron chi connectivity index (χ1n) is 12.9. The van der Waals surface area contributed by atoms with E-state index in [9.17, 15) is 9.18 Å². The van der Waals surface area contributed by atoms with Gasteiger partial charge in [-0.2, -0.15) is 5.10 Å². The van der Waals surface area contributed by atoms with E-state index in [4.69, 9.17) is 9.72 Å². The Labute approximate surface area is 223 Å². The molecule has 39 heavy (non-hydrogen) atoms. The predicted molar refractivity (Wildman–Crippen MR) is 140 cm³/mol. The highest BCUT2D eigenvalue weighted by atomic mass is 19.1. The molecule has 1 atom stereocenters. The molecule has 1 saturated heterocycles. The standard InChI is InChI=1S/C28H27F2N7O2/c29-19-4-2-6-22-23(19)20(9-16-39-22)33-26(38)18-3-1-5-21(24(18)30)35-28(10-14-32-15-11-28)27-34-25(36-37-27)17-7-12-31-13-8-17/h1-8,12-13,20,32,35H,9-11,14-16H2,(H,33,38)(H,34,36,37)/t20-/m1/s1. The van der Waals surface area contributed by atoms with E-state index in [1.807, 2.05) is 12.1 Å². The maximum absolute atomic E-state index is 15.9. The summed E-state index contributed by atoms with van der Waals surface area (Å²) in [6, 6.07) is 12.2. The zero-order valence-corrected chi connectivity index (χ0v) is 21.0. The molecule has 0 radical (unpaired) electrons. The number of hydrogen-bond acceptors (Lipinski definition) is 7. The number of hydrogen-bond donors (Lipinski definition) is 4. The van der Waals surface area contributed by atoms with Crippen LogP contribution in [0.5, 0.6) is 5.75 Å². The van der Waals surface area contributed by atoms with Gasteiger partial charge in [-0.3, -0.25) is 14.9 Å². The molecular formula is C28H27F2N7O2. The van der Waals surface area contributed by atoms with Crippen LogP contribution in [-0.4, -0.2) is 45.8 Å². The molecule has 6 rings (SSSR count). The smallest absolute Gasteiger partial charge is 0.254 e. The third-order valence-electron chi connectivity index (χ3n) is 7.28. The average molecular weight is 532 g/mol. The number of anilines is 1. The number of carbonyl (C=O) groups excluding carboxylic acids is 1. The van der Waals surface area contributed by atoms with Gasteiger partial charge in [-0.05, 0) is 62.3 Å². The Bertz CT molecular complexity index is 1490. The third kappa shape index (κ3) is 4.81. The first kappa shape index (κ1) is 24.9. The van der Waals surface area contributed by atoms with Crippen molar-refractivity contribution in [3.63, 3.8) is 0 Å². The van der Waals surface area contributed by atoms with Crippen molar-refractivity contribution in [2.24, 2.45) is 0 Å². The van der Waals surface area contributed by atoms with Gasteiger partial charge in [-0.1, -0.05) is 12.1 Å². The number of H-pyrrole nitrogens is 1. The number of benzene rings is 2. The van der Waals surface area contributed by atoms with E-state index in [-0.39, 0.29) is 16.8 Å². The summed E-state index contributed by atoms with van der Waals surface area (Å²) >= 11 is 0. The molecule has 4 N–H and O–H groups in total. The van der Waals surface area contributed by atoms with Crippen LogP contribution in [0, 0.1) is 11.6 Å². The van der Waals surface area contributed by atoms with Crippen LogP contribution in [0.1, 0.15) is 47.1 Å². The highest BCUT2D eigenvalue weighted by Crippen LogP contribution is 2.36. The van der Waals surface area contributed by atoms with E-state index in [0.717, 1.165) is 5.56 Å². The van der Waals surface area contributed by atoms with E-state index < -0.39 is 29.1 Å². The molecule has 1 fully saturated rings. The number of aromatic amines is 1. The highest BCUT2D eigenvalue weighted by Gasteiger charge is 2.38. The molecule has 0 unspecified atom stereocenters. The predicted octanol–water partition coefficient (Wildman–Crippen LogP) is 4.09. The summed E-state index contributed by atoms with van der Waals surface area (Å²) in [7, 11) is 0. The minimum atomic E-state index is -0.734. The lowest BCUT2D eigenvalue weighted by Crippen LogP contribution is -2.46.